The lowest BCUT2D eigenvalue weighted by molar-refractivity contribution is 0.265. The van der Waals surface area contributed by atoms with Crippen LogP contribution in [-0.4, -0.2) is 18.0 Å². The molecule has 1 aliphatic carbocycles. The summed E-state index contributed by atoms with van der Waals surface area (Å²) in [7, 11) is -2.53. The van der Waals surface area contributed by atoms with Gasteiger partial charge in [-0.05, 0) is 73.2 Å². The third kappa shape index (κ3) is 8.57. The zero-order valence-corrected chi connectivity index (χ0v) is 20.5. The predicted octanol–water partition coefficient (Wildman–Crippen LogP) is 6.98. The molecule has 0 bridgehead atoms. The molecule has 0 amide bonds. The van der Waals surface area contributed by atoms with Crippen molar-refractivity contribution in [3.63, 3.8) is 0 Å². The summed E-state index contributed by atoms with van der Waals surface area (Å²) in [6.07, 6.45) is 12.6. The first-order valence-electron chi connectivity index (χ1n) is 12.4. The lowest BCUT2D eigenvalue weighted by Crippen LogP contribution is -2.29. The first-order chi connectivity index (χ1) is 16.1. The Morgan fingerprint density at radius 3 is 2.52 bits per heavy atom. The van der Waals surface area contributed by atoms with E-state index in [0.717, 1.165) is 30.4 Å². The molecule has 2 N–H and O–H groups in total. The summed E-state index contributed by atoms with van der Waals surface area (Å²) < 4.78 is 29.6. The number of rotatable bonds is 14. The van der Waals surface area contributed by atoms with Gasteiger partial charge >= 0.3 is 8.25 Å². The summed E-state index contributed by atoms with van der Waals surface area (Å²) in [5, 5.41) is 3.21. The van der Waals surface area contributed by atoms with Crippen molar-refractivity contribution in [2.45, 2.75) is 82.6 Å². The largest absolute Gasteiger partial charge is 0.694 e. The maximum absolute atomic E-state index is 14.5. The second-order valence-electron chi connectivity index (χ2n) is 9.29. The number of halogens is 1. The predicted molar refractivity (Wildman–Crippen MR) is 132 cm³/mol. The van der Waals surface area contributed by atoms with Gasteiger partial charge in [0.05, 0.1) is 0 Å². The van der Waals surface area contributed by atoms with Gasteiger partial charge in [0.1, 0.15) is 12.4 Å². The molecule has 1 fully saturated rings. The van der Waals surface area contributed by atoms with Gasteiger partial charge in [-0.2, -0.15) is 0 Å². The summed E-state index contributed by atoms with van der Waals surface area (Å²) in [6, 6.07) is 16.6. The van der Waals surface area contributed by atoms with Gasteiger partial charge in [0.15, 0.2) is 0 Å². The highest BCUT2D eigenvalue weighted by atomic mass is 31.1. The Hall–Kier alpha value is -1.65. The van der Waals surface area contributed by atoms with Gasteiger partial charge in [-0.15, -0.1) is 9.42 Å². The Balaban J connectivity index is 1.38. The molecule has 0 radical (unpaired) electrons. The summed E-state index contributed by atoms with van der Waals surface area (Å²) >= 11 is 0. The Labute approximate surface area is 198 Å². The van der Waals surface area contributed by atoms with E-state index in [1.54, 1.807) is 6.07 Å². The highest BCUT2D eigenvalue weighted by molar-refractivity contribution is 7.32. The minimum atomic E-state index is -2.53. The smallest absolute Gasteiger partial charge is 0.313 e. The lowest BCUT2D eigenvalue weighted by Gasteiger charge is -2.38. The Bertz CT molecular complexity index is 856. The van der Waals surface area contributed by atoms with Crippen LogP contribution < -0.4 is 5.32 Å². The Morgan fingerprint density at radius 1 is 1.00 bits per heavy atom. The van der Waals surface area contributed by atoms with E-state index in [0.29, 0.717) is 24.9 Å². The standard InChI is InChI=1S/C27H37FNO3P/c28-26-21-23(22-29-19-10-20-32-33(30)31)14-15-24(26)11-4-2-7-16-27(17-8-3-9-18-27)25-12-5-1-6-13-25/h1,5-6,12-15,21,29H,2-4,7-11,16-20,22H2/p+1. The minimum Gasteiger partial charge on any atom is -0.313 e. The number of aryl methyl sites for hydroxylation is 1. The van der Waals surface area contributed by atoms with Crippen LogP contribution in [0.5, 0.6) is 0 Å². The maximum atomic E-state index is 14.5. The number of benzene rings is 2. The highest BCUT2D eigenvalue weighted by Crippen LogP contribution is 2.43. The molecule has 1 atom stereocenters. The molecule has 0 aliphatic heterocycles. The van der Waals surface area contributed by atoms with Crippen LogP contribution in [0.4, 0.5) is 4.39 Å². The van der Waals surface area contributed by atoms with Crippen LogP contribution in [-0.2, 0) is 27.5 Å². The van der Waals surface area contributed by atoms with Crippen LogP contribution in [0.25, 0.3) is 0 Å². The van der Waals surface area contributed by atoms with Crippen LogP contribution in [0.1, 0.15) is 80.9 Å². The molecule has 4 nitrogen and oxygen atoms in total. The average molecular weight is 475 g/mol. The fraction of sp³-hybridized carbons (Fsp3) is 0.556. The van der Waals surface area contributed by atoms with Crippen molar-refractivity contribution in [2.24, 2.45) is 0 Å². The van der Waals surface area contributed by atoms with Crippen molar-refractivity contribution in [3.8, 4) is 0 Å². The molecule has 3 rings (SSSR count). The molecule has 0 aromatic heterocycles. The van der Waals surface area contributed by atoms with Crippen molar-refractivity contribution in [1.29, 1.82) is 0 Å². The SMILES string of the molecule is O=[P+](O)OCCCNCc1ccc(CCCCCC2(c3ccccc3)CCCCC2)c(F)c1. The van der Waals surface area contributed by atoms with E-state index in [-0.39, 0.29) is 12.4 Å². The molecule has 6 heteroatoms. The van der Waals surface area contributed by atoms with Crippen molar-refractivity contribution in [2.75, 3.05) is 13.2 Å². The van der Waals surface area contributed by atoms with Gasteiger partial charge in [0.25, 0.3) is 0 Å². The number of nitrogens with one attached hydrogen (secondary N) is 1. The van der Waals surface area contributed by atoms with E-state index in [2.05, 4.69) is 40.2 Å². The average Bonchev–Trinajstić information content (AvgIpc) is 2.83. The maximum Gasteiger partial charge on any atom is 0.694 e. The van der Waals surface area contributed by atoms with Crippen LogP contribution in [0.2, 0.25) is 0 Å². The van der Waals surface area contributed by atoms with Crippen LogP contribution in [0.3, 0.4) is 0 Å². The highest BCUT2D eigenvalue weighted by Gasteiger charge is 2.32. The minimum absolute atomic E-state index is 0.122. The first kappa shape index (κ1) is 26.0. The molecule has 1 aliphatic rings. The van der Waals surface area contributed by atoms with E-state index in [9.17, 15) is 8.96 Å². The Morgan fingerprint density at radius 2 is 1.79 bits per heavy atom. The Kier molecular flexibility index (Phi) is 10.9. The zero-order valence-electron chi connectivity index (χ0n) is 19.6. The molecule has 180 valence electrons. The van der Waals surface area contributed by atoms with Crippen LogP contribution in [0.15, 0.2) is 48.5 Å². The lowest BCUT2D eigenvalue weighted by atomic mass is 9.66. The number of hydrogen-bond donors (Lipinski definition) is 2. The summed E-state index contributed by atoms with van der Waals surface area (Å²) in [4.78, 5) is 8.58. The molecule has 1 saturated carbocycles. The monoisotopic (exact) mass is 474 g/mol. The van der Waals surface area contributed by atoms with Gasteiger partial charge in [-0.1, -0.05) is 74.6 Å². The van der Waals surface area contributed by atoms with E-state index in [1.165, 1.54) is 50.5 Å². The fourth-order valence-electron chi connectivity index (χ4n) is 5.13. The molecule has 2 aromatic carbocycles. The van der Waals surface area contributed by atoms with Gasteiger partial charge < -0.3 is 5.32 Å². The van der Waals surface area contributed by atoms with Crippen molar-refractivity contribution in [3.05, 3.63) is 71.0 Å². The molecule has 2 aromatic rings. The normalized spacial score (nSPS) is 16.0. The van der Waals surface area contributed by atoms with Gasteiger partial charge in [0, 0.05) is 11.1 Å². The van der Waals surface area contributed by atoms with E-state index in [4.69, 9.17) is 4.89 Å². The summed E-state index contributed by atoms with van der Waals surface area (Å²) in [6.45, 7) is 1.46. The molecule has 0 heterocycles. The van der Waals surface area contributed by atoms with Crippen molar-refractivity contribution in [1.82, 2.24) is 5.32 Å². The van der Waals surface area contributed by atoms with E-state index in [1.807, 2.05) is 12.1 Å². The first-order valence-corrected chi connectivity index (χ1v) is 13.5. The van der Waals surface area contributed by atoms with Crippen molar-refractivity contribution < 1.29 is 18.4 Å². The van der Waals surface area contributed by atoms with Gasteiger partial charge in [0.2, 0.25) is 0 Å². The second-order valence-corrected chi connectivity index (χ2v) is 10.0. The molecular formula is C27H38FNO3P+. The van der Waals surface area contributed by atoms with Gasteiger partial charge in [-0.25, -0.2) is 4.39 Å². The van der Waals surface area contributed by atoms with Crippen LogP contribution in [0, 0.1) is 5.82 Å². The molecule has 0 spiro atoms. The van der Waals surface area contributed by atoms with Crippen LogP contribution >= 0.6 is 8.25 Å². The van der Waals surface area contributed by atoms with Gasteiger partial charge in [-0.3, -0.25) is 0 Å². The topological polar surface area (TPSA) is 58.6 Å². The molecular weight excluding hydrogens is 436 g/mol. The number of hydrogen-bond acceptors (Lipinski definition) is 3. The fourth-order valence-corrected chi connectivity index (χ4v) is 5.42. The molecule has 33 heavy (non-hydrogen) atoms. The third-order valence-corrected chi connectivity index (χ3v) is 7.35. The zero-order chi connectivity index (χ0) is 23.4. The molecule has 1 unspecified atom stereocenters. The van der Waals surface area contributed by atoms with E-state index >= 15 is 0 Å². The summed E-state index contributed by atoms with van der Waals surface area (Å²) in [5.41, 5.74) is 3.57. The summed E-state index contributed by atoms with van der Waals surface area (Å²) in [5.74, 6) is -0.122. The van der Waals surface area contributed by atoms with Crippen molar-refractivity contribution >= 4 is 8.25 Å². The number of unbranched alkanes of at least 4 members (excludes halogenated alkanes) is 2. The quantitative estimate of drug-likeness (QED) is 0.229. The molecule has 0 saturated heterocycles. The third-order valence-electron chi connectivity index (χ3n) is 6.94. The second kappa shape index (κ2) is 13.9. The van der Waals surface area contributed by atoms with E-state index < -0.39 is 8.25 Å².